The highest BCUT2D eigenvalue weighted by Crippen LogP contribution is 2.26. The van der Waals surface area contributed by atoms with Gasteiger partial charge in [-0.2, -0.15) is 15.4 Å². The molecule has 88 valence electrons. The van der Waals surface area contributed by atoms with Crippen LogP contribution in [0.1, 0.15) is 25.7 Å². The second-order valence-electron chi connectivity index (χ2n) is 3.24. The SMILES string of the molecule is Cc1cc(NC(=O)c2cn[nH]n2)sc1C(=O)O. The summed E-state index contributed by atoms with van der Waals surface area (Å²) in [7, 11) is 0. The van der Waals surface area contributed by atoms with Crippen molar-refractivity contribution in [3.8, 4) is 0 Å². The van der Waals surface area contributed by atoms with Crippen LogP contribution in [-0.4, -0.2) is 32.4 Å². The summed E-state index contributed by atoms with van der Waals surface area (Å²) in [6, 6.07) is 1.60. The Morgan fingerprint density at radius 3 is 2.82 bits per heavy atom. The van der Waals surface area contributed by atoms with Gasteiger partial charge < -0.3 is 10.4 Å². The highest BCUT2D eigenvalue weighted by atomic mass is 32.1. The fraction of sp³-hybridized carbons (Fsp3) is 0.111. The van der Waals surface area contributed by atoms with Crippen LogP contribution in [0, 0.1) is 6.92 Å². The second-order valence-corrected chi connectivity index (χ2v) is 4.29. The zero-order chi connectivity index (χ0) is 12.4. The molecule has 1 amide bonds. The van der Waals surface area contributed by atoms with Crippen LogP contribution in [0.25, 0.3) is 0 Å². The molecule has 0 atom stereocenters. The molecule has 0 unspecified atom stereocenters. The summed E-state index contributed by atoms with van der Waals surface area (Å²) in [6.07, 6.45) is 1.29. The number of carboxylic acids is 1. The van der Waals surface area contributed by atoms with E-state index in [4.69, 9.17) is 5.11 Å². The van der Waals surface area contributed by atoms with Crippen LogP contribution in [0.5, 0.6) is 0 Å². The molecule has 0 spiro atoms. The van der Waals surface area contributed by atoms with Crippen LogP contribution in [0.2, 0.25) is 0 Å². The van der Waals surface area contributed by atoms with Crippen molar-refractivity contribution in [3.63, 3.8) is 0 Å². The summed E-state index contributed by atoms with van der Waals surface area (Å²) < 4.78 is 0. The molecule has 0 fully saturated rings. The summed E-state index contributed by atoms with van der Waals surface area (Å²) >= 11 is 1.00. The fourth-order valence-electron chi connectivity index (χ4n) is 1.24. The van der Waals surface area contributed by atoms with Gasteiger partial charge in [-0.1, -0.05) is 0 Å². The number of carbonyl (C=O) groups excluding carboxylic acids is 1. The van der Waals surface area contributed by atoms with E-state index < -0.39 is 11.9 Å². The van der Waals surface area contributed by atoms with Crippen LogP contribution in [0.15, 0.2) is 12.3 Å². The normalized spacial score (nSPS) is 10.2. The lowest BCUT2D eigenvalue weighted by atomic mass is 10.3. The summed E-state index contributed by atoms with van der Waals surface area (Å²) in [4.78, 5) is 22.6. The van der Waals surface area contributed by atoms with E-state index in [0.29, 0.717) is 10.6 Å². The molecule has 0 aromatic carbocycles. The molecule has 0 radical (unpaired) electrons. The predicted molar refractivity (Wildman–Crippen MR) is 60.4 cm³/mol. The van der Waals surface area contributed by atoms with E-state index in [1.807, 2.05) is 0 Å². The Labute approximate surface area is 99.5 Å². The molecule has 2 rings (SSSR count). The maximum Gasteiger partial charge on any atom is 0.346 e. The van der Waals surface area contributed by atoms with Crippen molar-refractivity contribution in [2.24, 2.45) is 0 Å². The van der Waals surface area contributed by atoms with E-state index in [2.05, 4.69) is 20.7 Å². The average Bonchev–Trinajstić information content (AvgIpc) is 2.86. The molecular formula is C9H8N4O3S. The zero-order valence-corrected chi connectivity index (χ0v) is 9.54. The molecule has 2 aromatic rings. The molecule has 17 heavy (non-hydrogen) atoms. The first kappa shape index (κ1) is 11.3. The van der Waals surface area contributed by atoms with Crippen molar-refractivity contribution in [3.05, 3.63) is 28.4 Å². The Bertz CT molecular complexity index is 561. The van der Waals surface area contributed by atoms with Crippen LogP contribution in [0.4, 0.5) is 5.00 Å². The number of amides is 1. The number of nitrogens with zero attached hydrogens (tertiary/aromatic N) is 2. The van der Waals surface area contributed by atoms with Gasteiger partial charge in [0.1, 0.15) is 4.88 Å². The lowest BCUT2D eigenvalue weighted by molar-refractivity contribution is 0.0701. The number of aromatic amines is 1. The number of hydrogen-bond donors (Lipinski definition) is 3. The number of carbonyl (C=O) groups is 2. The van der Waals surface area contributed by atoms with Crippen LogP contribution >= 0.6 is 11.3 Å². The van der Waals surface area contributed by atoms with Gasteiger partial charge in [0.2, 0.25) is 0 Å². The van der Waals surface area contributed by atoms with Gasteiger partial charge in [0.25, 0.3) is 5.91 Å². The quantitative estimate of drug-likeness (QED) is 0.758. The summed E-state index contributed by atoms with van der Waals surface area (Å²) in [6.45, 7) is 1.67. The molecule has 0 bridgehead atoms. The smallest absolute Gasteiger partial charge is 0.346 e. The third-order valence-corrected chi connectivity index (χ3v) is 3.14. The molecule has 0 saturated carbocycles. The molecule has 3 N–H and O–H groups in total. The molecule has 0 aliphatic rings. The first-order valence-electron chi connectivity index (χ1n) is 4.59. The number of carboxylic acid groups (broad SMARTS) is 1. The number of aryl methyl sites for hydroxylation is 1. The van der Waals surface area contributed by atoms with Crippen LogP contribution in [0.3, 0.4) is 0 Å². The number of thiophene rings is 1. The van der Waals surface area contributed by atoms with Gasteiger partial charge in [-0.25, -0.2) is 4.79 Å². The third kappa shape index (κ3) is 2.31. The Morgan fingerprint density at radius 2 is 2.29 bits per heavy atom. The van der Waals surface area contributed by atoms with Gasteiger partial charge >= 0.3 is 5.97 Å². The van der Waals surface area contributed by atoms with Gasteiger partial charge in [0, 0.05) is 0 Å². The molecule has 0 aliphatic carbocycles. The van der Waals surface area contributed by atoms with E-state index in [-0.39, 0.29) is 10.6 Å². The van der Waals surface area contributed by atoms with Crippen molar-refractivity contribution < 1.29 is 14.7 Å². The minimum atomic E-state index is -1.01. The average molecular weight is 252 g/mol. The number of H-pyrrole nitrogens is 1. The highest BCUT2D eigenvalue weighted by molar-refractivity contribution is 7.18. The van der Waals surface area contributed by atoms with Gasteiger partial charge in [0.15, 0.2) is 5.69 Å². The molecule has 7 nitrogen and oxygen atoms in total. The number of hydrogen-bond acceptors (Lipinski definition) is 5. The van der Waals surface area contributed by atoms with Gasteiger partial charge in [-0.05, 0) is 18.6 Å². The maximum absolute atomic E-state index is 11.6. The van der Waals surface area contributed by atoms with E-state index >= 15 is 0 Å². The van der Waals surface area contributed by atoms with Crippen LogP contribution in [-0.2, 0) is 0 Å². The topological polar surface area (TPSA) is 108 Å². The van der Waals surface area contributed by atoms with Gasteiger partial charge in [-0.15, -0.1) is 11.3 Å². The predicted octanol–water partition coefficient (Wildman–Crippen LogP) is 1.13. The standard InChI is InChI=1S/C9H8N4O3S/c1-4-2-6(17-7(4)9(15)16)11-8(14)5-3-10-13-12-5/h2-3H,1H3,(H,11,14)(H,15,16)(H,10,12,13). The number of rotatable bonds is 3. The Balaban J connectivity index is 2.17. The number of anilines is 1. The number of aromatic nitrogens is 3. The Hall–Kier alpha value is -2.22. The van der Waals surface area contributed by atoms with E-state index in [0.717, 1.165) is 11.3 Å². The van der Waals surface area contributed by atoms with Gasteiger partial charge in [0.05, 0.1) is 11.2 Å². The summed E-state index contributed by atoms with van der Waals surface area (Å²) in [5, 5.41) is 21.3. The minimum Gasteiger partial charge on any atom is -0.477 e. The largest absolute Gasteiger partial charge is 0.477 e. The zero-order valence-electron chi connectivity index (χ0n) is 8.72. The lowest BCUT2D eigenvalue weighted by Gasteiger charge is -1.96. The maximum atomic E-state index is 11.6. The summed E-state index contributed by atoms with van der Waals surface area (Å²) in [5.74, 6) is -1.44. The highest BCUT2D eigenvalue weighted by Gasteiger charge is 2.15. The van der Waals surface area contributed by atoms with Crippen molar-refractivity contribution in [2.45, 2.75) is 6.92 Å². The van der Waals surface area contributed by atoms with Crippen molar-refractivity contribution in [1.82, 2.24) is 15.4 Å². The first-order chi connectivity index (χ1) is 8.08. The minimum absolute atomic E-state index is 0.146. The lowest BCUT2D eigenvalue weighted by Crippen LogP contribution is -2.11. The van der Waals surface area contributed by atoms with Gasteiger partial charge in [-0.3, -0.25) is 4.79 Å². The Morgan fingerprint density at radius 1 is 1.53 bits per heavy atom. The molecular weight excluding hydrogens is 244 g/mol. The molecule has 0 aliphatic heterocycles. The van der Waals surface area contributed by atoms with E-state index in [1.54, 1.807) is 13.0 Å². The number of aromatic carboxylic acids is 1. The van der Waals surface area contributed by atoms with E-state index in [9.17, 15) is 9.59 Å². The molecule has 0 saturated heterocycles. The van der Waals surface area contributed by atoms with Crippen molar-refractivity contribution >= 4 is 28.2 Å². The number of nitrogens with one attached hydrogen (secondary N) is 2. The van der Waals surface area contributed by atoms with Crippen molar-refractivity contribution in [2.75, 3.05) is 5.32 Å². The molecule has 2 aromatic heterocycles. The first-order valence-corrected chi connectivity index (χ1v) is 5.40. The monoisotopic (exact) mass is 252 g/mol. The third-order valence-electron chi connectivity index (χ3n) is 2.00. The molecule has 2 heterocycles. The fourth-order valence-corrected chi connectivity index (χ4v) is 2.15. The Kier molecular flexibility index (Phi) is 2.88. The molecule has 8 heteroatoms. The van der Waals surface area contributed by atoms with Crippen molar-refractivity contribution in [1.29, 1.82) is 0 Å². The summed E-state index contributed by atoms with van der Waals surface area (Å²) in [5.41, 5.74) is 0.755. The van der Waals surface area contributed by atoms with Crippen LogP contribution < -0.4 is 5.32 Å². The van der Waals surface area contributed by atoms with E-state index in [1.165, 1.54) is 6.20 Å². The second kappa shape index (κ2) is 4.34.